The summed E-state index contributed by atoms with van der Waals surface area (Å²) < 4.78 is 1.11. The van der Waals surface area contributed by atoms with Crippen molar-refractivity contribution in [2.45, 2.75) is 71.4 Å². The van der Waals surface area contributed by atoms with E-state index in [2.05, 4.69) is 54.7 Å². The van der Waals surface area contributed by atoms with E-state index < -0.39 is 24.2 Å². The van der Waals surface area contributed by atoms with Crippen molar-refractivity contribution in [3.05, 3.63) is 33.4 Å². The molecule has 2 bridgehead atoms. The number of hydrogen-bond acceptors (Lipinski definition) is 5. The molecule has 3 N–H and O–H groups in total. The predicted molar refractivity (Wildman–Crippen MR) is 127 cm³/mol. The maximum Gasteiger partial charge on any atom is 0.240 e. The second-order valence-electron chi connectivity index (χ2n) is 10.4. The van der Waals surface area contributed by atoms with E-state index in [-0.39, 0.29) is 18.6 Å². The minimum atomic E-state index is -0.773. The molecule has 7 heteroatoms. The van der Waals surface area contributed by atoms with Gasteiger partial charge in [0, 0.05) is 15.5 Å². The van der Waals surface area contributed by atoms with Crippen LogP contribution in [0.3, 0.4) is 0 Å². The van der Waals surface area contributed by atoms with Gasteiger partial charge in [0.05, 0.1) is 19.3 Å². The zero-order valence-electron chi connectivity index (χ0n) is 18.8. The van der Waals surface area contributed by atoms with Crippen LogP contribution in [0.5, 0.6) is 0 Å². The first kappa shape index (κ1) is 23.4. The topological polar surface area (TPSA) is 82.0 Å². The van der Waals surface area contributed by atoms with Gasteiger partial charge in [0.1, 0.15) is 12.1 Å². The van der Waals surface area contributed by atoms with Crippen molar-refractivity contribution >= 4 is 28.5 Å². The van der Waals surface area contributed by atoms with Gasteiger partial charge in [-0.2, -0.15) is 5.06 Å². The summed E-state index contributed by atoms with van der Waals surface area (Å²) in [6.07, 6.45) is 0.887. The van der Waals surface area contributed by atoms with Gasteiger partial charge in [0.2, 0.25) is 5.91 Å². The Morgan fingerprint density at radius 2 is 2.13 bits per heavy atom. The van der Waals surface area contributed by atoms with E-state index in [4.69, 9.17) is 4.84 Å². The monoisotopic (exact) mass is 542 g/mol. The molecule has 3 saturated carbocycles. The van der Waals surface area contributed by atoms with Gasteiger partial charge in [0.15, 0.2) is 0 Å². The van der Waals surface area contributed by atoms with Crippen molar-refractivity contribution < 1.29 is 19.8 Å². The number of hydroxylamine groups is 2. The number of aliphatic hydroxyl groups is 2. The van der Waals surface area contributed by atoms with Crippen LogP contribution in [-0.2, 0) is 16.2 Å². The molecule has 1 aromatic carbocycles. The molecular weight excluding hydrogens is 507 g/mol. The maximum absolute atomic E-state index is 13.6. The highest BCUT2D eigenvalue weighted by Gasteiger charge is 2.57. The number of amides is 1. The highest BCUT2D eigenvalue weighted by molar-refractivity contribution is 14.1. The largest absolute Gasteiger partial charge is 0.394 e. The first-order valence-electron chi connectivity index (χ1n) is 11.4. The van der Waals surface area contributed by atoms with Crippen molar-refractivity contribution in [2.75, 3.05) is 6.61 Å². The third-order valence-corrected chi connectivity index (χ3v) is 8.96. The molecule has 1 saturated heterocycles. The average Bonchev–Trinajstić information content (AvgIpc) is 3.07. The van der Waals surface area contributed by atoms with Crippen LogP contribution >= 0.6 is 22.6 Å². The lowest BCUT2D eigenvalue weighted by molar-refractivity contribution is -0.183. The molecule has 0 radical (unpaired) electrons. The van der Waals surface area contributed by atoms with Gasteiger partial charge in [-0.15, -0.1) is 0 Å². The lowest BCUT2D eigenvalue weighted by Gasteiger charge is -2.62. The quantitative estimate of drug-likeness (QED) is 0.482. The van der Waals surface area contributed by atoms with Crippen LogP contribution in [0.15, 0.2) is 24.3 Å². The summed E-state index contributed by atoms with van der Waals surface area (Å²) in [6, 6.07) is 7.56. The van der Waals surface area contributed by atoms with Crippen LogP contribution in [0.2, 0.25) is 0 Å². The summed E-state index contributed by atoms with van der Waals surface area (Å²) >= 11 is 2.27. The van der Waals surface area contributed by atoms with Crippen molar-refractivity contribution in [3.63, 3.8) is 0 Å². The molecule has 31 heavy (non-hydrogen) atoms. The van der Waals surface area contributed by atoms with E-state index in [0.29, 0.717) is 29.7 Å². The Kier molecular flexibility index (Phi) is 6.72. The third kappa shape index (κ3) is 4.28. The van der Waals surface area contributed by atoms with Gasteiger partial charge < -0.3 is 15.5 Å². The first-order valence-corrected chi connectivity index (χ1v) is 12.5. The summed E-state index contributed by atoms with van der Waals surface area (Å²) in [5.41, 5.74) is 1.39. The lowest BCUT2D eigenvalue weighted by atomic mass is 9.45. The molecule has 1 amide bonds. The summed E-state index contributed by atoms with van der Waals surface area (Å²) in [5.74, 6) is 1.12. The molecule has 1 heterocycles. The van der Waals surface area contributed by atoms with E-state index in [1.807, 2.05) is 18.2 Å². The number of carbonyl (C=O) groups excluding carboxylic acids is 1. The number of nitrogens with one attached hydrogen (secondary N) is 1. The van der Waals surface area contributed by atoms with Crippen LogP contribution in [0.1, 0.15) is 46.1 Å². The number of carbonyl (C=O) groups is 1. The molecule has 6 nitrogen and oxygen atoms in total. The Bertz CT molecular complexity index is 817. The van der Waals surface area contributed by atoms with E-state index in [9.17, 15) is 15.0 Å². The molecule has 1 aliphatic heterocycles. The molecule has 2 unspecified atom stereocenters. The fraction of sp³-hybridized carbons (Fsp3) is 0.708. The number of benzene rings is 1. The summed E-state index contributed by atoms with van der Waals surface area (Å²) in [5, 5.41) is 25.3. The van der Waals surface area contributed by atoms with Crippen molar-refractivity contribution in [1.29, 1.82) is 0 Å². The fourth-order valence-corrected chi connectivity index (χ4v) is 6.91. The Hall–Kier alpha value is -0.740. The summed E-state index contributed by atoms with van der Waals surface area (Å²) in [4.78, 5) is 19.6. The predicted octanol–water partition coefficient (Wildman–Crippen LogP) is 2.95. The lowest BCUT2D eigenvalue weighted by Crippen LogP contribution is -2.62. The summed E-state index contributed by atoms with van der Waals surface area (Å²) in [6.45, 7) is 8.82. The van der Waals surface area contributed by atoms with Crippen LogP contribution in [0.25, 0.3) is 0 Å². The Balaban J connectivity index is 1.53. The second kappa shape index (κ2) is 8.89. The number of aliphatic hydroxyl groups excluding tert-OH is 2. The highest BCUT2D eigenvalue weighted by atomic mass is 127. The first-order chi connectivity index (χ1) is 14.6. The van der Waals surface area contributed by atoms with Crippen LogP contribution in [0, 0.1) is 32.7 Å². The number of hydrogen-bond donors (Lipinski definition) is 3. The van der Waals surface area contributed by atoms with Gasteiger partial charge in [-0.3, -0.25) is 9.63 Å². The van der Waals surface area contributed by atoms with Gasteiger partial charge in [-0.05, 0) is 83.2 Å². The molecule has 5 rings (SSSR count). The van der Waals surface area contributed by atoms with Crippen LogP contribution < -0.4 is 5.32 Å². The second-order valence-corrected chi connectivity index (χ2v) is 11.6. The van der Waals surface area contributed by atoms with Crippen molar-refractivity contribution in [2.24, 2.45) is 29.1 Å². The Morgan fingerprint density at radius 3 is 2.71 bits per heavy atom. The SMILES string of the molecule is CC1[C@@H](NC(=O)C2[C@H]([C@H](C)O)[C@H](CO)ON2Cc2cccc(I)c2)C[C@H]2C[C@@H]1C2(C)C. The third-order valence-electron chi connectivity index (χ3n) is 8.29. The van der Waals surface area contributed by atoms with E-state index in [0.717, 1.165) is 15.6 Å². The minimum absolute atomic E-state index is 0.108. The van der Waals surface area contributed by atoms with Crippen LogP contribution in [-0.4, -0.2) is 52.1 Å². The molecule has 3 aliphatic carbocycles. The van der Waals surface area contributed by atoms with E-state index in [1.165, 1.54) is 6.42 Å². The average molecular weight is 542 g/mol. The highest BCUT2D eigenvalue weighted by Crippen LogP contribution is 2.61. The van der Waals surface area contributed by atoms with Gasteiger partial charge in [-0.25, -0.2) is 0 Å². The smallest absolute Gasteiger partial charge is 0.240 e. The fourth-order valence-electron chi connectivity index (χ4n) is 6.30. The van der Waals surface area contributed by atoms with Crippen LogP contribution in [0.4, 0.5) is 0 Å². The zero-order chi connectivity index (χ0) is 22.5. The Labute approximate surface area is 198 Å². The Morgan fingerprint density at radius 1 is 1.39 bits per heavy atom. The van der Waals surface area contributed by atoms with E-state index in [1.54, 1.807) is 12.0 Å². The number of rotatable bonds is 6. The molecule has 8 atom stereocenters. The van der Waals surface area contributed by atoms with E-state index >= 15 is 0 Å². The standard InChI is InChI=1S/C24H35IN2O4/c1-13-18-9-16(24(18,3)4)10-19(13)26-23(30)22-21(14(2)29)20(12-28)31-27(22)11-15-6-5-7-17(25)8-15/h5-8,13-14,16,18-22,28-29H,9-12H2,1-4H3,(H,26,30)/t13?,14-,16+,18-,19-,20-,21+,22?/m0/s1. The molecule has 1 aromatic rings. The van der Waals surface area contributed by atoms with Gasteiger partial charge in [0.25, 0.3) is 0 Å². The van der Waals surface area contributed by atoms with Gasteiger partial charge in [-0.1, -0.05) is 32.9 Å². The van der Waals surface area contributed by atoms with Crippen molar-refractivity contribution in [1.82, 2.24) is 10.4 Å². The molecule has 0 aromatic heterocycles. The number of halogens is 1. The number of fused-ring (bicyclic) bond motifs is 2. The molecule has 0 spiro atoms. The van der Waals surface area contributed by atoms with Gasteiger partial charge >= 0.3 is 0 Å². The molecular formula is C24H35IN2O4. The maximum atomic E-state index is 13.6. The number of nitrogens with zero attached hydrogens (tertiary/aromatic N) is 1. The molecule has 4 aliphatic rings. The molecule has 4 fully saturated rings. The van der Waals surface area contributed by atoms with Crippen molar-refractivity contribution in [3.8, 4) is 0 Å². The minimum Gasteiger partial charge on any atom is -0.394 e. The zero-order valence-corrected chi connectivity index (χ0v) is 21.0. The summed E-state index contributed by atoms with van der Waals surface area (Å²) in [7, 11) is 0. The normalized spacial score (nSPS) is 37.8. The molecule has 172 valence electrons.